The number of hydrogen-bond donors (Lipinski definition) is 2. The number of carbonyl (C=O) groups excluding carboxylic acids is 1. The van der Waals surface area contributed by atoms with E-state index in [1.807, 2.05) is 0 Å². The van der Waals surface area contributed by atoms with Gasteiger partial charge >= 0.3 is 0 Å². The number of piperidine rings is 1. The van der Waals surface area contributed by atoms with Crippen LogP contribution in [0.5, 0.6) is 0 Å². The molecule has 2 aliphatic rings. The summed E-state index contributed by atoms with van der Waals surface area (Å²) in [4.78, 5) is 12.2. The molecule has 17 heavy (non-hydrogen) atoms. The molecule has 2 atom stereocenters. The van der Waals surface area contributed by atoms with Crippen LogP contribution in [0, 0.1) is 16.7 Å². The van der Waals surface area contributed by atoms with Gasteiger partial charge in [0, 0.05) is 18.0 Å². The van der Waals surface area contributed by atoms with Crippen LogP contribution in [0.2, 0.25) is 0 Å². The van der Waals surface area contributed by atoms with Crippen molar-refractivity contribution in [3.63, 3.8) is 0 Å². The number of amides is 1. The molecule has 2 unspecified atom stereocenters. The second-order valence-corrected chi connectivity index (χ2v) is 6.96. The Hall–Kier alpha value is -0.570. The summed E-state index contributed by atoms with van der Waals surface area (Å²) in [5.41, 5.74) is 0.475. The van der Waals surface area contributed by atoms with Crippen LogP contribution in [0.1, 0.15) is 47.5 Å². The summed E-state index contributed by atoms with van der Waals surface area (Å²) in [5.74, 6) is 0.473. The third-order valence-electron chi connectivity index (χ3n) is 5.30. The smallest absolute Gasteiger partial charge is 0.223 e. The summed E-state index contributed by atoms with van der Waals surface area (Å²) in [6, 6.07) is 0.812. The summed E-state index contributed by atoms with van der Waals surface area (Å²) in [5, 5.41) is 6.65. The molecule has 1 amide bonds. The van der Waals surface area contributed by atoms with Gasteiger partial charge in [0.25, 0.3) is 0 Å². The Morgan fingerprint density at radius 2 is 1.82 bits per heavy atom. The van der Waals surface area contributed by atoms with E-state index in [2.05, 4.69) is 45.3 Å². The van der Waals surface area contributed by atoms with Crippen LogP contribution in [0.25, 0.3) is 0 Å². The second kappa shape index (κ2) is 3.98. The molecular formula is C14H26N2O. The average Bonchev–Trinajstić information content (AvgIpc) is 2.61. The molecule has 3 heteroatoms. The maximum absolute atomic E-state index is 12.2. The molecule has 0 radical (unpaired) electrons. The summed E-state index contributed by atoms with van der Waals surface area (Å²) in [7, 11) is 0. The molecular weight excluding hydrogens is 212 g/mol. The third-order valence-corrected chi connectivity index (χ3v) is 5.30. The van der Waals surface area contributed by atoms with Crippen LogP contribution >= 0.6 is 0 Å². The quantitative estimate of drug-likeness (QED) is 0.772. The topological polar surface area (TPSA) is 41.1 Å². The van der Waals surface area contributed by atoms with E-state index >= 15 is 0 Å². The fourth-order valence-corrected chi connectivity index (χ4v) is 3.19. The largest absolute Gasteiger partial charge is 0.352 e. The van der Waals surface area contributed by atoms with Crippen molar-refractivity contribution >= 4 is 5.91 Å². The lowest BCUT2D eigenvalue weighted by Crippen LogP contribution is -2.43. The van der Waals surface area contributed by atoms with Crippen molar-refractivity contribution in [1.29, 1.82) is 0 Å². The maximum Gasteiger partial charge on any atom is 0.223 e. The molecule has 3 nitrogen and oxygen atoms in total. The van der Waals surface area contributed by atoms with Gasteiger partial charge in [-0.25, -0.2) is 0 Å². The normalized spacial score (nSPS) is 35.4. The number of nitrogens with one attached hydrogen (secondary N) is 2. The summed E-state index contributed by atoms with van der Waals surface area (Å²) < 4.78 is 0. The summed E-state index contributed by atoms with van der Waals surface area (Å²) >= 11 is 0. The molecule has 1 aliphatic carbocycles. The number of carbonyl (C=O) groups is 1. The van der Waals surface area contributed by atoms with Gasteiger partial charge in [-0.05, 0) is 37.1 Å². The first-order chi connectivity index (χ1) is 7.76. The predicted molar refractivity (Wildman–Crippen MR) is 69.7 cm³/mol. The zero-order chi connectivity index (χ0) is 12.8. The van der Waals surface area contributed by atoms with Crippen molar-refractivity contribution in [3.05, 3.63) is 0 Å². The zero-order valence-electron chi connectivity index (χ0n) is 11.8. The van der Waals surface area contributed by atoms with Crippen LogP contribution in [0.15, 0.2) is 0 Å². The fourth-order valence-electron chi connectivity index (χ4n) is 3.19. The van der Waals surface area contributed by atoms with E-state index in [0.29, 0.717) is 12.1 Å². The fraction of sp³-hybridized carbons (Fsp3) is 0.929. The second-order valence-electron chi connectivity index (χ2n) is 6.96. The Bertz CT molecular complexity index is 308. The molecule has 0 bridgehead atoms. The van der Waals surface area contributed by atoms with E-state index in [4.69, 9.17) is 0 Å². The highest BCUT2D eigenvalue weighted by Crippen LogP contribution is 2.62. The lowest BCUT2D eigenvalue weighted by molar-refractivity contribution is -0.126. The van der Waals surface area contributed by atoms with E-state index in [0.717, 1.165) is 19.4 Å². The monoisotopic (exact) mass is 238 g/mol. The van der Waals surface area contributed by atoms with Crippen LogP contribution in [-0.4, -0.2) is 24.5 Å². The molecule has 1 saturated carbocycles. The van der Waals surface area contributed by atoms with E-state index in [-0.39, 0.29) is 22.7 Å². The molecule has 0 aromatic carbocycles. The number of hydrogen-bond acceptors (Lipinski definition) is 2. The minimum absolute atomic E-state index is 0.207. The van der Waals surface area contributed by atoms with Gasteiger partial charge in [0.2, 0.25) is 5.91 Å². The van der Waals surface area contributed by atoms with Gasteiger partial charge in [-0.15, -0.1) is 0 Å². The molecule has 2 rings (SSSR count). The lowest BCUT2D eigenvalue weighted by atomic mass is 9.92. The SMILES string of the molecule is CC1CC(C(=O)NC2C(C)(C)C2(C)C)CCN1. The molecule has 1 saturated heterocycles. The Morgan fingerprint density at radius 1 is 1.24 bits per heavy atom. The van der Waals surface area contributed by atoms with Gasteiger partial charge in [-0.1, -0.05) is 27.7 Å². The maximum atomic E-state index is 12.2. The van der Waals surface area contributed by atoms with Crippen molar-refractivity contribution in [2.45, 2.75) is 59.5 Å². The zero-order valence-corrected chi connectivity index (χ0v) is 11.8. The first kappa shape index (κ1) is 12.9. The van der Waals surface area contributed by atoms with E-state index in [1.165, 1.54) is 0 Å². The molecule has 0 aromatic heterocycles. The Morgan fingerprint density at radius 3 is 2.29 bits per heavy atom. The predicted octanol–water partition coefficient (Wildman–Crippen LogP) is 1.93. The van der Waals surface area contributed by atoms with Gasteiger partial charge in [-0.3, -0.25) is 4.79 Å². The first-order valence-corrected chi connectivity index (χ1v) is 6.80. The first-order valence-electron chi connectivity index (χ1n) is 6.80. The summed E-state index contributed by atoms with van der Waals surface area (Å²) in [6.45, 7) is 12.1. The minimum atomic E-state index is 0.207. The highest BCUT2D eigenvalue weighted by molar-refractivity contribution is 5.80. The van der Waals surface area contributed by atoms with E-state index in [1.54, 1.807) is 0 Å². The highest BCUT2D eigenvalue weighted by atomic mass is 16.2. The van der Waals surface area contributed by atoms with Crippen LogP contribution in [0.3, 0.4) is 0 Å². The lowest BCUT2D eigenvalue weighted by Gasteiger charge is -2.27. The van der Waals surface area contributed by atoms with Gasteiger partial charge in [0.15, 0.2) is 0 Å². The Kier molecular flexibility index (Phi) is 3.01. The molecule has 2 fully saturated rings. The highest BCUT2D eigenvalue weighted by Gasteiger charge is 2.65. The van der Waals surface area contributed by atoms with Crippen molar-refractivity contribution < 1.29 is 4.79 Å². The molecule has 0 spiro atoms. The Labute approximate surface area is 105 Å². The van der Waals surface area contributed by atoms with Gasteiger partial charge in [-0.2, -0.15) is 0 Å². The minimum Gasteiger partial charge on any atom is -0.352 e. The van der Waals surface area contributed by atoms with Crippen molar-refractivity contribution in [2.75, 3.05) is 6.54 Å². The van der Waals surface area contributed by atoms with Crippen molar-refractivity contribution in [3.8, 4) is 0 Å². The van der Waals surface area contributed by atoms with E-state index in [9.17, 15) is 4.79 Å². The van der Waals surface area contributed by atoms with Crippen molar-refractivity contribution in [2.24, 2.45) is 16.7 Å². The van der Waals surface area contributed by atoms with Crippen LogP contribution in [0.4, 0.5) is 0 Å². The third kappa shape index (κ3) is 2.10. The molecule has 2 N–H and O–H groups in total. The van der Waals surface area contributed by atoms with Crippen molar-refractivity contribution in [1.82, 2.24) is 10.6 Å². The van der Waals surface area contributed by atoms with E-state index < -0.39 is 0 Å². The molecule has 1 aliphatic heterocycles. The van der Waals surface area contributed by atoms with Crippen LogP contribution in [-0.2, 0) is 4.79 Å². The number of rotatable bonds is 2. The van der Waals surface area contributed by atoms with Crippen LogP contribution < -0.4 is 10.6 Å². The van der Waals surface area contributed by atoms with Gasteiger partial charge < -0.3 is 10.6 Å². The Balaban J connectivity index is 1.90. The molecule has 0 aromatic rings. The summed E-state index contributed by atoms with van der Waals surface area (Å²) in [6.07, 6.45) is 1.95. The average molecular weight is 238 g/mol. The van der Waals surface area contributed by atoms with Gasteiger partial charge in [0.1, 0.15) is 0 Å². The van der Waals surface area contributed by atoms with Gasteiger partial charge in [0.05, 0.1) is 0 Å². The molecule has 98 valence electrons. The standard InChI is InChI=1S/C14H26N2O/c1-9-8-10(6-7-15-9)11(17)16-12-13(2,3)14(12,4)5/h9-10,12,15H,6-8H2,1-5H3,(H,16,17). The molecule has 1 heterocycles.